The van der Waals surface area contributed by atoms with Crippen molar-refractivity contribution < 1.29 is 0 Å². The summed E-state index contributed by atoms with van der Waals surface area (Å²) in [4.78, 5) is 2.22. The Labute approximate surface area is 69.1 Å². The van der Waals surface area contributed by atoms with Crippen LogP contribution in [0.25, 0.3) is 0 Å². The lowest BCUT2D eigenvalue weighted by Gasteiger charge is -2.32. The van der Waals surface area contributed by atoms with Gasteiger partial charge in [-0.15, -0.1) is 0 Å². The van der Waals surface area contributed by atoms with Crippen LogP contribution in [0.1, 0.15) is 6.92 Å². The Morgan fingerprint density at radius 1 is 1.55 bits per heavy atom. The molecular formula is C8H18N3. The molecule has 1 saturated heterocycles. The molecular weight excluding hydrogens is 138 g/mol. The number of hydrogen-bond donors (Lipinski definition) is 1. The summed E-state index contributed by atoms with van der Waals surface area (Å²) in [6.45, 7) is 5.29. The molecule has 2 atom stereocenters. The topological polar surface area (TPSA) is 29.4 Å². The Bertz CT molecular complexity index is 108. The molecule has 0 aliphatic carbocycles. The highest BCUT2D eigenvalue weighted by atomic mass is 15.2. The SMILES string of the molecule is CC(C1CNCC[N]1)N(C)C. The van der Waals surface area contributed by atoms with Crippen LogP contribution in [0.15, 0.2) is 0 Å². The third-order valence-electron chi connectivity index (χ3n) is 2.38. The van der Waals surface area contributed by atoms with Gasteiger partial charge in [-0.25, -0.2) is 5.32 Å². The third kappa shape index (κ3) is 2.43. The van der Waals surface area contributed by atoms with Crippen molar-refractivity contribution in [2.75, 3.05) is 33.7 Å². The van der Waals surface area contributed by atoms with Gasteiger partial charge < -0.3 is 10.2 Å². The van der Waals surface area contributed by atoms with E-state index in [2.05, 4.69) is 36.6 Å². The molecule has 0 aromatic carbocycles. The molecule has 0 saturated carbocycles. The lowest BCUT2D eigenvalue weighted by atomic mass is 10.1. The van der Waals surface area contributed by atoms with Crippen LogP contribution in [0.2, 0.25) is 0 Å². The van der Waals surface area contributed by atoms with E-state index in [4.69, 9.17) is 0 Å². The van der Waals surface area contributed by atoms with E-state index in [1.165, 1.54) is 0 Å². The van der Waals surface area contributed by atoms with Gasteiger partial charge in [0.2, 0.25) is 0 Å². The molecule has 65 valence electrons. The summed E-state index contributed by atoms with van der Waals surface area (Å²) in [6.07, 6.45) is 0. The van der Waals surface area contributed by atoms with Gasteiger partial charge in [-0.1, -0.05) is 0 Å². The standard InChI is InChI=1S/C8H18N3/c1-7(11(2)3)8-6-9-4-5-10-8/h7-9H,4-6H2,1-3H3. The molecule has 3 heteroatoms. The highest BCUT2D eigenvalue weighted by Crippen LogP contribution is 2.01. The van der Waals surface area contributed by atoms with Crippen molar-refractivity contribution >= 4 is 0 Å². The molecule has 1 rings (SSSR count). The maximum Gasteiger partial charge on any atom is 0.0523 e. The largest absolute Gasteiger partial charge is 0.314 e. The van der Waals surface area contributed by atoms with Crippen LogP contribution in [-0.4, -0.2) is 50.7 Å². The minimum atomic E-state index is 0.485. The van der Waals surface area contributed by atoms with E-state index in [-0.39, 0.29) is 0 Å². The van der Waals surface area contributed by atoms with Gasteiger partial charge in [-0.3, -0.25) is 0 Å². The maximum atomic E-state index is 4.55. The number of likely N-dealkylation sites (N-methyl/N-ethyl adjacent to an activating group) is 1. The normalized spacial score (nSPS) is 28.9. The number of hydrogen-bond acceptors (Lipinski definition) is 2. The minimum Gasteiger partial charge on any atom is -0.314 e. The van der Waals surface area contributed by atoms with E-state index in [0.717, 1.165) is 19.6 Å². The molecule has 0 bridgehead atoms. The second-order valence-corrected chi connectivity index (χ2v) is 3.38. The van der Waals surface area contributed by atoms with Gasteiger partial charge in [-0.05, 0) is 21.0 Å². The number of nitrogens with one attached hydrogen (secondary N) is 1. The van der Waals surface area contributed by atoms with Crippen molar-refractivity contribution in [3.63, 3.8) is 0 Å². The lowest BCUT2D eigenvalue weighted by Crippen LogP contribution is -2.53. The predicted octanol–water partition coefficient (Wildman–Crippen LogP) is -0.487. The summed E-state index contributed by atoms with van der Waals surface area (Å²) >= 11 is 0. The fourth-order valence-corrected chi connectivity index (χ4v) is 1.29. The van der Waals surface area contributed by atoms with Crippen molar-refractivity contribution in [2.24, 2.45) is 0 Å². The molecule has 1 aliphatic heterocycles. The summed E-state index contributed by atoms with van der Waals surface area (Å²) in [6, 6.07) is 1.04. The highest BCUT2D eigenvalue weighted by molar-refractivity contribution is 4.83. The van der Waals surface area contributed by atoms with E-state index < -0.39 is 0 Å². The number of piperazine rings is 1. The van der Waals surface area contributed by atoms with E-state index in [1.54, 1.807) is 0 Å². The molecule has 1 fully saturated rings. The molecule has 0 aromatic rings. The predicted molar refractivity (Wildman–Crippen MR) is 46.8 cm³/mol. The Morgan fingerprint density at radius 2 is 2.27 bits per heavy atom. The Kier molecular flexibility index (Phi) is 3.30. The Hall–Kier alpha value is -0.120. The van der Waals surface area contributed by atoms with Crippen molar-refractivity contribution in [3.8, 4) is 0 Å². The van der Waals surface area contributed by atoms with Gasteiger partial charge in [-0.2, -0.15) is 0 Å². The fraction of sp³-hybridized carbons (Fsp3) is 1.00. The molecule has 11 heavy (non-hydrogen) atoms. The van der Waals surface area contributed by atoms with Gasteiger partial charge in [0.05, 0.1) is 6.04 Å². The summed E-state index contributed by atoms with van der Waals surface area (Å²) in [5.74, 6) is 0. The first-order chi connectivity index (χ1) is 5.22. The van der Waals surface area contributed by atoms with Gasteiger partial charge in [0.1, 0.15) is 0 Å². The summed E-state index contributed by atoms with van der Waals surface area (Å²) in [5.41, 5.74) is 0. The summed E-state index contributed by atoms with van der Waals surface area (Å²) in [5, 5.41) is 7.90. The molecule has 1 heterocycles. The number of rotatable bonds is 2. The first-order valence-corrected chi connectivity index (χ1v) is 4.25. The van der Waals surface area contributed by atoms with Crippen molar-refractivity contribution in [3.05, 3.63) is 0 Å². The summed E-state index contributed by atoms with van der Waals surface area (Å²) < 4.78 is 0. The van der Waals surface area contributed by atoms with E-state index in [0.29, 0.717) is 12.1 Å². The molecule has 3 nitrogen and oxygen atoms in total. The van der Waals surface area contributed by atoms with Crippen LogP contribution in [-0.2, 0) is 0 Å². The zero-order valence-electron chi connectivity index (χ0n) is 7.67. The zero-order chi connectivity index (χ0) is 8.27. The van der Waals surface area contributed by atoms with Gasteiger partial charge >= 0.3 is 0 Å². The fourth-order valence-electron chi connectivity index (χ4n) is 1.29. The third-order valence-corrected chi connectivity index (χ3v) is 2.38. The summed E-state index contributed by atoms with van der Waals surface area (Å²) in [7, 11) is 4.21. The van der Waals surface area contributed by atoms with Crippen molar-refractivity contribution in [1.29, 1.82) is 0 Å². The van der Waals surface area contributed by atoms with Gasteiger partial charge in [0, 0.05) is 25.7 Å². The van der Waals surface area contributed by atoms with Crippen LogP contribution >= 0.6 is 0 Å². The van der Waals surface area contributed by atoms with Gasteiger partial charge in [0.15, 0.2) is 0 Å². The highest BCUT2D eigenvalue weighted by Gasteiger charge is 2.21. The second-order valence-electron chi connectivity index (χ2n) is 3.38. The monoisotopic (exact) mass is 156 g/mol. The lowest BCUT2D eigenvalue weighted by molar-refractivity contribution is 0.224. The van der Waals surface area contributed by atoms with Crippen LogP contribution in [0, 0.1) is 0 Å². The van der Waals surface area contributed by atoms with Crippen LogP contribution in [0.5, 0.6) is 0 Å². The van der Waals surface area contributed by atoms with E-state index in [9.17, 15) is 0 Å². The maximum absolute atomic E-state index is 4.55. The first kappa shape index (κ1) is 8.97. The minimum absolute atomic E-state index is 0.485. The molecule has 1 aliphatic rings. The van der Waals surface area contributed by atoms with Crippen LogP contribution in [0.3, 0.4) is 0 Å². The molecule has 2 unspecified atom stereocenters. The Morgan fingerprint density at radius 3 is 2.73 bits per heavy atom. The van der Waals surface area contributed by atoms with Crippen molar-refractivity contribution in [2.45, 2.75) is 19.0 Å². The first-order valence-electron chi connectivity index (χ1n) is 4.25. The molecule has 1 radical (unpaired) electrons. The zero-order valence-corrected chi connectivity index (χ0v) is 7.67. The second kappa shape index (κ2) is 4.04. The molecule has 0 amide bonds. The molecule has 1 N–H and O–H groups in total. The molecule has 0 aromatic heterocycles. The van der Waals surface area contributed by atoms with Crippen LogP contribution in [0.4, 0.5) is 0 Å². The van der Waals surface area contributed by atoms with Crippen molar-refractivity contribution in [1.82, 2.24) is 15.5 Å². The average Bonchev–Trinajstić information content (AvgIpc) is 2.05. The quantitative estimate of drug-likeness (QED) is 0.585. The average molecular weight is 156 g/mol. The van der Waals surface area contributed by atoms with Gasteiger partial charge in [0.25, 0.3) is 0 Å². The van der Waals surface area contributed by atoms with E-state index in [1.807, 2.05) is 0 Å². The van der Waals surface area contributed by atoms with E-state index >= 15 is 0 Å². The smallest absolute Gasteiger partial charge is 0.0523 e. The molecule has 0 spiro atoms. The number of nitrogens with zero attached hydrogens (tertiary/aromatic N) is 2. The van der Waals surface area contributed by atoms with Crippen LogP contribution < -0.4 is 10.6 Å². The Balaban J connectivity index is 2.32.